The lowest BCUT2D eigenvalue weighted by Gasteiger charge is -2.09. The van der Waals surface area contributed by atoms with Crippen LogP contribution in [0.25, 0.3) is 0 Å². The smallest absolute Gasteiger partial charge is 0.306 e. The Kier molecular flexibility index (Phi) is 6.03. The van der Waals surface area contributed by atoms with Crippen LogP contribution in [0.4, 0.5) is 5.69 Å². The summed E-state index contributed by atoms with van der Waals surface area (Å²) in [7, 11) is -2.47. The van der Waals surface area contributed by atoms with E-state index in [1.54, 1.807) is 24.3 Å². The summed E-state index contributed by atoms with van der Waals surface area (Å²) in [4.78, 5) is 11.0. The van der Waals surface area contributed by atoms with E-state index in [9.17, 15) is 13.2 Å². The predicted molar refractivity (Wildman–Crippen MR) is 74.4 cm³/mol. The van der Waals surface area contributed by atoms with Crippen molar-refractivity contribution in [2.45, 2.75) is 6.42 Å². The molecule has 0 unspecified atom stereocenters. The molecular weight excluding hydrogens is 282 g/mol. The zero-order chi connectivity index (χ0) is 15.0. The van der Waals surface area contributed by atoms with Crippen molar-refractivity contribution in [2.24, 2.45) is 0 Å². The fraction of sp³-hybridized carbons (Fsp3) is 0.308. The lowest BCUT2D eigenvalue weighted by molar-refractivity contribution is -0.140. The standard InChI is InChI=1S/C13H15NO5S/c1-19-13(16)8-10-20(17,18)14-12-7-3-2-5-11(12)6-4-9-15/h2-3,5,7,14-15H,8-10H2,1H3. The molecule has 2 N–H and O–H groups in total. The van der Waals surface area contributed by atoms with Crippen molar-refractivity contribution in [1.82, 2.24) is 0 Å². The number of aliphatic hydroxyl groups excluding tert-OH is 1. The number of carbonyl (C=O) groups excluding carboxylic acids is 1. The van der Waals surface area contributed by atoms with Crippen LogP contribution in [0.2, 0.25) is 0 Å². The number of aliphatic hydroxyl groups is 1. The van der Waals surface area contributed by atoms with Crippen LogP contribution in [0.15, 0.2) is 24.3 Å². The molecule has 20 heavy (non-hydrogen) atoms. The summed E-state index contributed by atoms with van der Waals surface area (Å²) in [6.07, 6.45) is -0.226. The summed E-state index contributed by atoms with van der Waals surface area (Å²) in [6, 6.07) is 6.54. The molecule has 0 radical (unpaired) electrons. The average Bonchev–Trinajstić information content (AvgIpc) is 2.43. The number of sulfonamides is 1. The molecule has 0 saturated carbocycles. The number of rotatable bonds is 5. The largest absolute Gasteiger partial charge is 0.469 e. The quantitative estimate of drug-likeness (QED) is 0.604. The van der Waals surface area contributed by atoms with E-state index in [4.69, 9.17) is 5.11 Å². The molecule has 1 rings (SSSR count). The first-order valence-electron chi connectivity index (χ1n) is 5.74. The first-order chi connectivity index (χ1) is 9.48. The van der Waals surface area contributed by atoms with Crippen molar-refractivity contribution in [3.63, 3.8) is 0 Å². The second kappa shape index (κ2) is 7.53. The SMILES string of the molecule is COC(=O)CCS(=O)(=O)Nc1ccccc1C#CCO. The molecule has 0 aliphatic rings. The van der Waals surface area contributed by atoms with E-state index in [1.807, 2.05) is 0 Å². The molecule has 0 fully saturated rings. The number of ether oxygens (including phenoxy) is 1. The van der Waals surface area contributed by atoms with Crippen molar-refractivity contribution in [3.8, 4) is 11.8 Å². The summed E-state index contributed by atoms with van der Waals surface area (Å²) in [5, 5.41) is 8.66. The number of nitrogens with one attached hydrogen (secondary N) is 1. The lowest BCUT2D eigenvalue weighted by Crippen LogP contribution is -2.20. The maximum absolute atomic E-state index is 11.8. The van der Waals surface area contributed by atoms with Gasteiger partial charge in [-0.2, -0.15) is 0 Å². The second-order valence-corrected chi connectivity index (χ2v) is 5.59. The van der Waals surface area contributed by atoms with E-state index in [0.29, 0.717) is 11.3 Å². The Labute approximate surface area is 117 Å². The minimum absolute atomic E-state index is 0.226. The van der Waals surface area contributed by atoms with Crippen molar-refractivity contribution < 1.29 is 23.1 Å². The monoisotopic (exact) mass is 297 g/mol. The van der Waals surface area contributed by atoms with Crippen LogP contribution in [0.3, 0.4) is 0 Å². The van der Waals surface area contributed by atoms with E-state index in [0.717, 1.165) is 0 Å². The third-order valence-electron chi connectivity index (χ3n) is 2.30. The van der Waals surface area contributed by atoms with E-state index in [2.05, 4.69) is 21.3 Å². The van der Waals surface area contributed by atoms with Crippen LogP contribution in [-0.2, 0) is 19.6 Å². The molecule has 0 heterocycles. The van der Waals surface area contributed by atoms with E-state index in [1.165, 1.54) is 7.11 Å². The second-order valence-electron chi connectivity index (χ2n) is 3.75. The molecule has 7 heteroatoms. The third kappa shape index (κ3) is 5.30. The maximum atomic E-state index is 11.8. The number of carbonyl (C=O) groups is 1. The topological polar surface area (TPSA) is 92.7 Å². The van der Waals surface area contributed by atoms with E-state index >= 15 is 0 Å². The number of benzene rings is 1. The van der Waals surface area contributed by atoms with Gasteiger partial charge in [0, 0.05) is 5.56 Å². The molecule has 0 atom stereocenters. The van der Waals surface area contributed by atoms with Gasteiger partial charge in [-0.15, -0.1) is 0 Å². The minimum Gasteiger partial charge on any atom is -0.469 e. The molecule has 6 nitrogen and oxygen atoms in total. The van der Waals surface area contributed by atoms with Crippen LogP contribution in [0.5, 0.6) is 0 Å². The minimum atomic E-state index is -3.67. The number of hydrogen-bond acceptors (Lipinski definition) is 5. The molecule has 0 saturated heterocycles. The highest BCUT2D eigenvalue weighted by molar-refractivity contribution is 7.92. The van der Waals surface area contributed by atoms with Crippen LogP contribution in [0.1, 0.15) is 12.0 Å². The van der Waals surface area contributed by atoms with Gasteiger partial charge in [0.05, 0.1) is 25.0 Å². The Morgan fingerprint density at radius 1 is 1.40 bits per heavy atom. The van der Waals surface area contributed by atoms with Crippen LogP contribution >= 0.6 is 0 Å². The summed E-state index contributed by atoms with van der Waals surface area (Å²) in [5.74, 6) is 4.12. The van der Waals surface area contributed by atoms with Crippen molar-refractivity contribution >= 4 is 21.7 Å². The molecule has 108 valence electrons. The van der Waals surface area contributed by atoms with E-state index in [-0.39, 0.29) is 18.8 Å². The molecule has 1 aromatic rings. The number of esters is 1. The normalized spacial score (nSPS) is 10.3. The Bertz CT molecular complexity index is 628. The highest BCUT2D eigenvalue weighted by atomic mass is 32.2. The fourth-order valence-electron chi connectivity index (χ4n) is 1.35. The highest BCUT2D eigenvalue weighted by Crippen LogP contribution is 2.15. The van der Waals surface area contributed by atoms with Gasteiger partial charge in [-0.25, -0.2) is 8.42 Å². The number of para-hydroxylation sites is 1. The molecule has 0 aromatic heterocycles. The summed E-state index contributed by atoms with van der Waals surface area (Å²) >= 11 is 0. The van der Waals surface area contributed by atoms with Crippen LogP contribution in [-0.4, -0.2) is 39.0 Å². The first kappa shape index (κ1) is 16.0. The van der Waals surface area contributed by atoms with Crippen molar-refractivity contribution in [2.75, 3.05) is 24.2 Å². The molecule has 0 amide bonds. The highest BCUT2D eigenvalue weighted by Gasteiger charge is 2.14. The lowest BCUT2D eigenvalue weighted by atomic mass is 10.2. The van der Waals surface area contributed by atoms with Gasteiger partial charge >= 0.3 is 5.97 Å². The van der Waals surface area contributed by atoms with Gasteiger partial charge < -0.3 is 9.84 Å². The molecular formula is C13H15NO5S. The number of anilines is 1. The van der Waals surface area contributed by atoms with Gasteiger partial charge in [-0.05, 0) is 12.1 Å². The number of methoxy groups -OCH3 is 1. The van der Waals surface area contributed by atoms with E-state index < -0.39 is 16.0 Å². The van der Waals surface area contributed by atoms with Gasteiger partial charge in [0.1, 0.15) is 6.61 Å². The zero-order valence-electron chi connectivity index (χ0n) is 10.9. The predicted octanol–water partition coefficient (Wildman–Crippen LogP) is 0.335. The van der Waals surface area contributed by atoms with Crippen LogP contribution < -0.4 is 4.72 Å². The van der Waals surface area contributed by atoms with Crippen molar-refractivity contribution in [3.05, 3.63) is 29.8 Å². The Hall–Kier alpha value is -2.04. The maximum Gasteiger partial charge on any atom is 0.306 e. The summed E-state index contributed by atoms with van der Waals surface area (Å²) in [5.41, 5.74) is 0.751. The molecule has 1 aromatic carbocycles. The summed E-state index contributed by atoms with van der Waals surface area (Å²) < 4.78 is 30.4. The zero-order valence-corrected chi connectivity index (χ0v) is 11.7. The van der Waals surface area contributed by atoms with Crippen molar-refractivity contribution in [1.29, 1.82) is 0 Å². The molecule has 0 aliphatic heterocycles. The van der Waals surface area contributed by atoms with Gasteiger partial charge in [0.25, 0.3) is 0 Å². The Balaban J connectivity index is 2.84. The summed E-state index contributed by atoms with van der Waals surface area (Å²) in [6.45, 7) is -0.316. The first-order valence-corrected chi connectivity index (χ1v) is 7.40. The molecule has 0 spiro atoms. The van der Waals surface area contributed by atoms with Gasteiger partial charge in [-0.1, -0.05) is 24.0 Å². The van der Waals surface area contributed by atoms with Gasteiger partial charge in [-0.3, -0.25) is 9.52 Å². The molecule has 0 aliphatic carbocycles. The Morgan fingerprint density at radius 3 is 2.75 bits per heavy atom. The third-order valence-corrected chi connectivity index (χ3v) is 3.57. The Morgan fingerprint density at radius 2 is 2.10 bits per heavy atom. The number of hydrogen-bond donors (Lipinski definition) is 2. The fourth-order valence-corrected chi connectivity index (χ4v) is 2.40. The van der Waals surface area contributed by atoms with Gasteiger partial charge in [0.2, 0.25) is 10.0 Å². The average molecular weight is 297 g/mol. The van der Waals surface area contributed by atoms with Gasteiger partial charge in [0.15, 0.2) is 0 Å². The molecule has 0 bridgehead atoms. The van der Waals surface area contributed by atoms with Crippen LogP contribution in [0, 0.1) is 11.8 Å².